The van der Waals surface area contributed by atoms with E-state index in [-0.39, 0.29) is 23.6 Å². The van der Waals surface area contributed by atoms with Crippen molar-refractivity contribution in [3.8, 4) is 5.75 Å². The lowest BCUT2D eigenvalue weighted by Crippen LogP contribution is -2.20. The van der Waals surface area contributed by atoms with E-state index in [0.29, 0.717) is 17.9 Å². The maximum Gasteiger partial charge on any atom is 0.231 e. The fourth-order valence-electron chi connectivity index (χ4n) is 2.71. The first-order valence-electron chi connectivity index (χ1n) is 8.53. The number of rotatable bonds is 7. The molecular formula is C20H19ClFN3O2. The van der Waals surface area contributed by atoms with Crippen molar-refractivity contribution in [2.75, 3.05) is 5.32 Å². The molecule has 0 aliphatic heterocycles. The first-order chi connectivity index (χ1) is 13.1. The number of hydrogen-bond donors (Lipinski definition) is 1. The van der Waals surface area contributed by atoms with Gasteiger partial charge in [0.2, 0.25) is 5.91 Å². The van der Waals surface area contributed by atoms with Gasteiger partial charge in [0.05, 0.1) is 29.0 Å². The second-order valence-corrected chi connectivity index (χ2v) is 6.38. The summed E-state index contributed by atoms with van der Waals surface area (Å²) in [5.74, 6) is -0.399. The van der Waals surface area contributed by atoms with Gasteiger partial charge in [0.25, 0.3) is 0 Å². The molecule has 1 amide bonds. The van der Waals surface area contributed by atoms with E-state index in [9.17, 15) is 9.18 Å². The van der Waals surface area contributed by atoms with Crippen LogP contribution in [0.5, 0.6) is 5.75 Å². The minimum Gasteiger partial charge on any atom is -0.470 e. The average Bonchev–Trinajstić information content (AvgIpc) is 3.10. The van der Waals surface area contributed by atoms with E-state index in [1.54, 1.807) is 12.4 Å². The summed E-state index contributed by atoms with van der Waals surface area (Å²) in [7, 11) is 0. The lowest BCUT2D eigenvalue weighted by atomic mass is 9.96. The molecule has 1 N–H and O–H groups in total. The smallest absolute Gasteiger partial charge is 0.231 e. The summed E-state index contributed by atoms with van der Waals surface area (Å²) < 4.78 is 20.1. The summed E-state index contributed by atoms with van der Waals surface area (Å²) >= 11 is 5.93. The molecule has 5 nitrogen and oxygen atoms in total. The van der Waals surface area contributed by atoms with Crippen LogP contribution in [0.2, 0.25) is 5.02 Å². The Balaban J connectivity index is 1.61. The van der Waals surface area contributed by atoms with Gasteiger partial charge in [-0.1, -0.05) is 48.9 Å². The van der Waals surface area contributed by atoms with Gasteiger partial charge >= 0.3 is 0 Å². The van der Waals surface area contributed by atoms with Crippen LogP contribution in [-0.2, 0) is 11.5 Å². The van der Waals surface area contributed by atoms with Gasteiger partial charge in [0.1, 0.15) is 11.6 Å². The fourth-order valence-corrected chi connectivity index (χ4v) is 2.94. The first kappa shape index (κ1) is 18.9. The largest absolute Gasteiger partial charge is 0.470 e. The van der Waals surface area contributed by atoms with Gasteiger partial charge in [-0.15, -0.1) is 0 Å². The maximum atomic E-state index is 13.1. The Morgan fingerprint density at radius 1 is 1.30 bits per heavy atom. The number of carbonyl (C=O) groups excluding carboxylic acids is 1. The number of nitrogens with zero attached hydrogens (tertiary/aromatic N) is 2. The predicted octanol–water partition coefficient (Wildman–Crippen LogP) is 4.84. The molecule has 1 heterocycles. The van der Waals surface area contributed by atoms with Crippen molar-refractivity contribution in [2.45, 2.75) is 26.0 Å². The SMILES string of the molecule is CCC(C(=O)Nc1cnn(COc2ccc(F)cc2Cl)c1)c1ccccc1. The zero-order valence-electron chi connectivity index (χ0n) is 14.7. The van der Waals surface area contributed by atoms with Gasteiger partial charge in [-0.2, -0.15) is 5.10 Å². The number of amides is 1. The molecule has 3 rings (SSSR count). The highest BCUT2D eigenvalue weighted by Crippen LogP contribution is 2.25. The number of anilines is 1. The molecule has 2 aromatic carbocycles. The van der Waals surface area contributed by atoms with Crippen LogP contribution in [0.4, 0.5) is 10.1 Å². The minimum absolute atomic E-state index is 0.0805. The minimum atomic E-state index is -0.430. The van der Waals surface area contributed by atoms with Gasteiger partial charge < -0.3 is 10.1 Å². The normalized spacial score (nSPS) is 11.8. The van der Waals surface area contributed by atoms with Gasteiger partial charge in [-0.3, -0.25) is 4.79 Å². The van der Waals surface area contributed by atoms with Crippen molar-refractivity contribution >= 4 is 23.2 Å². The number of benzene rings is 2. The summed E-state index contributed by atoms with van der Waals surface area (Å²) in [5, 5.41) is 7.21. The Morgan fingerprint density at radius 3 is 2.78 bits per heavy atom. The Hall–Kier alpha value is -2.86. The highest BCUT2D eigenvalue weighted by atomic mass is 35.5. The lowest BCUT2D eigenvalue weighted by Gasteiger charge is -2.14. The van der Waals surface area contributed by atoms with E-state index >= 15 is 0 Å². The maximum absolute atomic E-state index is 13.1. The summed E-state index contributed by atoms with van der Waals surface area (Å²) in [6.45, 7) is 2.05. The number of ether oxygens (including phenoxy) is 1. The van der Waals surface area contributed by atoms with Crippen molar-refractivity contribution in [3.63, 3.8) is 0 Å². The Kier molecular flexibility index (Phi) is 6.08. The van der Waals surface area contributed by atoms with Gasteiger partial charge in [-0.05, 0) is 30.2 Å². The van der Waals surface area contributed by atoms with Crippen LogP contribution >= 0.6 is 11.6 Å². The van der Waals surface area contributed by atoms with E-state index < -0.39 is 5.82 Å². The average molecular weight is 388 g/mol. The number of carbonyl (C=O) groups is 1. The predicted molar refractivity (Wildman–Crippen MR) is 102 cm³/mol. The third-order valence-electron chi connectivity index (χ3n) is 4.07. The molecule has 0 saturated carbocycles. The van der Waals surface area contributed by atoms with Crippen molar-refractivity contribution in [2.24, 2.45) is 0 Å². The molecule has 0 bridgehead atoms. The zero-order chi connectivity index (χ0) is 19.2. The Bertz CT molecular complexity index is 915. The van der Waals surface area contributed by atoms with Crippen LogP contribution in [-0.4, -0.2) is 15.7 Å². The molecule has 1 aromatic heterocycles. The van der Waals surface area contributed by atoms with Crippen LogP contribution in [0.15, 0.2) is 60.9 Å². The van der Waals surface area contributed by atoms with Gasteiger partial charge in [-0.25, -0.2) is 9.07 Å². The van der Waals surface area contributed by atoms with Crippen molar-refractivity contribution < 1.29 is 13.9 Å². The molecule has 0 fully saturated rings. The van der Waals surface area contributed by atoms with Crippen molar-refractivity contribution in [1.82, 2.24) is 9.78 Å². The monoisotopic (exact) mass is 387 g/mol. The molecule has 1 atom stereocenters. The highest BCUT2D eigenvalue weighted by molar-refractivity contribution is 6.32. The Morgan fingerprint density at radius 2 is 2.07 bits per heavy atom. The molecule has 0 aliphatic carbocycles. The molecular weight excluding hydrogens is 369 g/mol. The molecule has 27 heavy (non-hydrogen) atoms. The van der Waals surface area contributed by atoms with Crippen LogP contribution in [0, 0.1) is 5.82 Å². The van der Waals surface area contributed by atoms with Crippen LogP contribution in [0.25, 0.3) is 0 Å². The van der Waals surface area contributed by atoms with Crippen molar-refractivity contribution in [3.05, 3.63) is 77.3 Å². The summed E-state index contributed by atoms with van der Waals surface area (Å²) in [5.41, 5.74) is 1.54. The first-order valence-corrected chi connectivity index (χ1v) is 8.90. The Labute approximate surface area is 161 Å². The van der Waals surface area contributed by atoms with Crippen molar-refractivity contribution in [1.29, 1.82) is 0 Å². The molecule has 0 aliphatic rings. The molecule has 1 unspecified atom stereocenters. The second-order valence-electron chi connectivity index (χ2n) is 5.98. The second kappa shape index (κ2) is 8.68. The van der Waals surface area contributed by atoms with E-state index in [4.69, 9.17) is 16.3 Å². The molecule has 3 aromatic rings. The number of aromatic nitrogens is 2. The van der Waals surface area contributed by atoms with Crippen LogP contribution in [0.3, 0.4) is 0 Å². The van der Waals surface area contributed by atoms with E-state index in [1.807, 2.05) is 37.3 Å². The van der Waals surface area contributed by atoms with Gasteiger partial charge in [0.15, 0.2) is 6.73 Å². The third-order valence-corrected chi connectivity index (χ3v) is 4.37. The van der Waals surface area contributed by atoms with E-state index in [0.717, 1.165) is 5.56 Å². The molecule has 140 valence electrons. The van der Waals surface area contributed by atoms with E-state index in [2.05, 4.69) is 10.4 Å². The lowest BCUT2D eigenvalue weighted by molar-refractivity contribution is -0.117. The molecule has 7 heteroatoms. The summed E-state index contributed by atoms with van der Waals surface area (Å²) in [6.07, 6.45) is 3.90. The van der Waals surface area contributed by atoms with Crippen LogP contribution in [0.1, 0.15) is 24.8 Å². The standard InChI is InChI=1S/C20H19ClFN3O2/c1-2-17(14-6-4-3-5-7-14)20(26)24-16-11-23-25(12-16)13-27-19-9-8-15(22)10-18(19)21/h3-12,17H,2,13H2,1H3,(H,24,26). The fraction of sp³-hybridized carbons (Fsp3) is 0.200. The van der Waals surface area contributed by atoms with Gasteiger partial charge in [0, 0.05) is 0 Å². The number of halogens is 2. The zero-order valence-corrected chi connectivity index (χ0v) is 15.5. The third kappa shape index (κ3) is 4.86. The quantitative estimate of drug-likeness (QED) is 0.630. The molecule has 0 spiro atoms. The topological polar surface area (TPSA) is 56.2 Å². The number of nitrogens with one attached hydrogen (secondary N) is 1. The van der Waals surface area contributed by atoms with Crippen LogP contribution < -0.4 is 10.1 Å². The summed E-state index contributed by atoms with van der Waals surface area (Å²) in [6, 6.07) is 13.5. The molecule has 0 radical (unpaired) electrons. The highest BCUT2D eigenvalue weighted by Gasteiger charge is 2.19. The van der Waals surface area contributed by atoms with E-state index in [1.165, 1.54) is 22.9 Å². The molecule has 0 saturated heterocycles. The number of hydrogen-bond acceptors (Lipinski definition) is 3. The summed E-state index contributed by atoms with van der Waals surface area (Å²) in [4.78, 5) is 12.6.